The highest BCUT2D eigenvalue weighted by atomic mass is 19.4. The summed E-state index contributed by atoms with van der Waals surface area (Å²) in [6, 6.07) is 0.553. The zero-order valence-corrected chi connectivity index (χ0v) is 18.4. The summed E-state index contributed by atoms with van der Waals surface area (Å²) in [5.74, 6) is -2.26. The molecule has 0 spiro atoms. The lowest BCUT2D eigenvalue weighted by Crippen LogP contribution is -2.33. The second kappa shape index (κ2) is 9.32. The summed E-state index contributed by atoms with van der Waals surface area (Å²) in [5.41, 5.74) is -4.76. The molecule has 1 fully saturated rings. The average Bonchev–Trinajstić information content (AvgIpc) is 2.81. The average molecular weight is 515 g/mol. The van der Waals surface area contributed by atoms with Gasteiger partial charge in [-0.25, -0.2) is 14.8 Å². The van der Waals surface area contributed by atoms with Crippen molar-refractivity contribution < 1.29 is 36.2 Å². The number of aromatic carboxylic acids is 1. The van der Waals surface area contributed by atoms with E-state index in [9.17, 15) is 41.0 Å². The fourth-order valence-corrected chi connectivity index (χ4v) is 4.03. The number of halogens is 6. The van der Waals surface area contributed by atoms with Gasteiger partial charge in [-0.3, -0.25) is 9.20 Å². The van der Waals surface area contributed by atoms with Crippen LogP contribution in [0.15, 0.2) is 41.5 Å². The van der Waals surface area contributed by atoms with Crippen molar-refractivity contribution in [2.45, 2.75) is 37.7 Å². The topological polar surface area (TPSA) is 99.8 Å². The number of alkyl halides is 6. The standard InChI is InChI=1S/C22H19F6N5O3/c23-21(24,25)12-9-14(17(22(26,27)28)31-18-13(20(35)36)5-4-6-29-18)19-30-15(10-16(34)33(19)11-12)32-7-2-1-3-8-32/h4-6,9-11,17H,1-3,7-8H2,(H,29,31)(H,35,36)/t17-/m0/s1. The van der Waals surface area contributed by atoms with E-state index in [4.69, 9.17) is 0 Å². The lowest BCUT2D eigenvalue weighted by molar-refractivity contribution is -0.145. The predicted molar refractivity (Wildman–Crippen MR) is 116 cm³/mol. The molecule has 0 unspecified atom stereocenters. The first-order valence-corrected chi connectivity index (χ1v) is 10.8. The minimum atomic E-state index is -5.23. The number of anilines is 2. The van der Waals surface area contributed by atoms with E-state index in [0.29, 0.717) is 23.7 Å². The van der Waals surface area contributed by atoms with Gasteiger partial charge in [0.25, 0.3) is 5.56 Å². The van der Waals surface area contributed by atoms with Crippen molar-refractivity contribution in [2.75, 3.05) is 23.3 Å². The molecule has 0 aromatic carbocycles. The van der Waals surface area contributed by atoms with Crippen LogP contribution in [0, 0.1) is 0 Å². The van der Waals surface area contributed by atoms with E-state index in [0.717, 1.165) is 37.6 Å². The SMILES string of the molecule is O=C(O)c1cccnc1N[C@@H](c1cc(C(F)(F)F)cn2c(=O)cc(N3CCCCC3)nc12)C(F)(F)F. The Kier molecular flexibility index (Phi) is 6.54. The van der Waals surface area contributed by atoms with Crippen LogP contribution in [0.25, 0.3) is 5.65 Å². The molecule has 36 heavy (non-hydrogen) atoms. The number of carbonyl (C=O) groups is 1. The van der Waals surface area contributed by atoms with E-state index in [1.807, 2.05) is 5.32 Å². The maximum Gasteiger partial charge on any atom is 0.417 e. The van der Waals surface area contributed by atoms with E-state index in [2.05, 4.69) is 9.97 Å². The van der Waals surface area contributed by atoms with Crippen LogP contribution in [0.3, 0.4) is 0 Å². The number of nitrogens with zero attached hydrogens (tertiary/aromatic N) is 4. The van der Waals surface area contributed by atoms with E-state index in [1.54, 1.807) is 4.90 Å². The number of rotatable bonds is 5. The van der Waals surface area contributed by atoms with Crippen LogP contribution < -0.4 is 15.8 Å². The van der Waals surface area contributed by atoms with Gasteiger partial charge in [-0.2, -0.15) is 26.3 Å². The van der Waals surface area contributed by atoms with Crippen LogP contribution >= 0.6 is 0 Å². The Morgan fingerprint density at radius 3 is 2.39 bits per heavy atom. The molecule has 0 bridgehead atoms. The number of hydrogen-bond donors (Lipinski definition) is 2. The van der Waals surface area contributed by atoms with Crippen LogP contribution in [0.5, 0.6) is 0 Å². The monoisotopic (exact) mass is 515 g/mol. The molecule has 3 aromatic heterocycles. The third kappa shape index (κ3) is 5.06. The number of fused-ring (bicyclic) bond motifs is 1. The third-order valence-electron chi connectivity index (χ3n) is 5.74. The zero-order chi connectivity index (χ0) is 26.3. The first-order valence-electron chi connectivity index (χ1n) is 10.8. The van der Waals surface area contributed by atoms with Crippen LogP contribution in [0.2, 0.25) is 0 Å². The van der Waals surface area contributed by atoms with E-state index in [1.165, 1.54) is 6.07 Å². The first-order chi connectivity index (χ1) is 16.9. The second-order valence-electron chi connectivity index (χ2n) is 8.20. The number of aromatic nitrogens is 3. The molecule has 0 saturated carbocycles. The summed E-state index contributed by atoms with van der Waals surface area (Å²) >= 11 is 0. The predicted octanol–water partition coefficient (Wildman–Crippen LogP) is 4.51. The van der Waals surface area contributed by atoms with Crippen LogP contribution in [0.4, 0.5) is 38.0 Å². The fourth-order valence-electron chi connectivity index (χ4n) is 4.03. The van der Waals surface area contributed by atoms with Crippen LogP contribution in [-0.4, -0.2) is 44.7 Å². The largest absolute Gasteiger partial charge is 0.478 e. The van der Waals surface area contributed by atoms with Crippen molar-refractivity contribution in [1.29, 1.82) is 0 Å². The minimum Gasteiger partial charge on any atom is -0.478 e. The summed E-state index contributed by atoms with van der Waals surface area (Å²) in [5, 5.41) is 11.2. The van der Waals surface area contributed by atoms with Gasteiger partial charge in [-0.05, 0) is 37.5 Å². The summed E-state index contributed by atoms with van der Waals surface area (Å²) in [4.78, 5) is 33.7. The Hall–Kier alpha value is -3.84. The minimum absolute atomic E-state index is 0.0469. The maximum atomic E-state index is 14.3. The molecule has 1 aliphatic rings. The number of carboxylic acid groups (broad SMARTS) is 1. The van der Waals surface area contributed by atoms with Gasteiger partial charge >= 0.3 is 18.3 Å². The van der Waals surface area contributed by atoms with Crippen LogP contribution in [-0.2, 0) is 6.18 Å². The Bertz CT molecular complexity index is 1350. The molecule has 2 N–H and O–H groups in total. The smallest absolute Gasteiger partial charge is 0.417 e. The van der Waals surface area contributed by atoms with E-state index >= 15 is 0 Å². The second-order valence-corrected chi connectivity index (χ2v) is 8.20. The van der Waals surface area contributed by atoms with Gasteiger partial charge in [0.2, 0.25) is 0 Å². The van der Waals surface area contributed by atoms with Crippen LogP contribution in [0.1, 0.15) is 46.8 Å². The van der Waals surface area contributed by atoms with Gasteiger partial charge in [-0.1, -0.05) is 0 Å². The quantitative estimate of drug-likeness (QED) is 0.483. The molecule has 14 heteroatoms. The number of carboxylic acids is 1. The number of hydrogen-bond acceptors (Lipinski definition) is 6. The molecule has 0 radical (unpaired) electrons. The molecule has 1 atom stereocenters. The molecule has 0 aliphatic carbocycles. The highest BCUT2D eigenvalue weighted by Gasteiger charge is 2.44. The van der Waals surface area contributed by atoms with Gasteiger partial charge in [0.15, 0.2) is 6.04 Å². The Labute approximate surface area is 199 Å². The molecular weight excluding hydrogens is 496 g/mol. The molecule has 3 aromatic rings. The highest BCUT2D eigenvalue weighted by Crippen LogP contribution is 2.40. The van der Waals surface area contributed by atoms with Gasteiger partial charge in [0, 0.05) is 37.1 Å². The number of pyridine rings is 2. The van der Waals surface area contributed by atoms with Gasteiger partial charge < -0.3 is 15.3 Å². The first kappa shape index (κ1) is 25.3. The lowest BCUT2D eigenvalue weighted by Gasteiger charge is -2.29. The molecular formula is C22H19F6N5O3. The van der Waals surface area contributed by atoms with Crippen molar-refractivity contribution in [2.24, 2.45) is 0 Å². The molecule has 4 rings (SSSR count). The summed E-state index contributed by atoms with van der Waals surface area (Å²) in [6.07, 6.45) is -6.46. The number of nitrogens with one attached hydrogen (secondary N) is 1. The normalized spacial score (nSPS) is 15.7. The molecule has 1 saturated heterocycles. The molecule has 8 nitrogen and oxygen atoms in total. The summed E-state index contributed by atoms with van der Waals surface area (Å²) in [7, 11) is 0. The maximum absolute atomic E-state index is 14.3. The van der Waals surface area contributed by atoms with Crippen molar-refractivity contribution in [3.05, 3.63) is 63.7 Å². The van der Waals surface area contributed by atoms with Crippen molar-refractivity contribution in [3.63, 3.8) is 0 Å². The number of piperidine rings is 1. The fraction of sp³-hybridized carbons (Fsp3) is 0.364. The van der Waals surface area contributed by atoms with Crippen molar-refractivity contribution >= 4 is 23.3 Å². The Morgan fingerprint density at radius 2 is 1.78 bits per heavy atom. The summed E-state index contributed by atoms with van der Waals surface area (Å²) < 4.78 is 84.2. The van der Waals surface area contributed by atoms with Crippen molar-refractivity contribution in [1.82, 2.24) is 14.4 Å². The lowest BCUT2D eigenvalue weighted by atomic mass is 10.0. The van der Waals surface area contributed by atoms with Crippen molar-refractivity contribution in [3.8, 4) is 0 Å². The third-order valence-corrected chi connectivity index (χ3v) is 5.74. The molecule has 1 aliphatic heterocycles. The molecule has 192 valence electrons. The van der Waals surface area contributed by atoms with Gasteiger partial charge in [0.1, 0.15) is 22.8 Å². The van der Waals surface area contributed by atoms with Gasteiger partial charge in [-0.15, -0.1) is 0 Å². The Morgan fingerprint density at radius 1 is 1.08 bits per heavy atom. The Balaban J connectivity index is 1.97. The molecule has 4 heterocycles. The highest BCUT2D eigenvalue weighted by molar-refractivity contribution is 5.93. The van der Waals surface area contributed by atoms with E-state index in [-0.39, 0.29) is 11.9 Å². The summed E-state index contributed by atoms with van der Waals surface area (Å²) in [6.45, 7) is 0.963. The van der Waals surface area contributed by atoms with E-state index < -0.39 is 58.1 Å². The van der Waals surface area contributed by atoms with Gasteiger partial charge in [0.05, 0.1) is 5.56 Å². The molecule has 0 amide bonds. The zero-order valence-electron chi connectivity index (χ0n) is 18.4.